The number of carbonyl (C=O) groups is 5. The second-order valence-corrected chi connectivity index (χ2v) is 17.6. The highest BCUT2D eigenvalue weighted by molar-refractivity contribution is 6.36. The number of piperazine rings is 1. The maximum Gasteiger partial charge on any atom is 0.270 e. The van der Waals surface area contributed by atoms with Crippen LogP contribution in [-0.4, -0.2) is 120 Å². The third-order valence-corrected chi connectivity index (χ3v) is 13.2. The first-order valence-electron chi connectivity index (χ1n) is 22.1. The molecule has 332 valence electrons. The Hall–Kier alpha value is -5.80. The number of benzene rings is 2. The molecule has 5 aliphatic heterocycles. The molecule has 7 heterocycles. The van der Waals surface area contributed by atoms with Crippen LogP contribution in [0.2, 0.25) is 5.02 Å². The number of hydrogen-bond acceptors (Lipinski definition) is 10. The molecule has 0 aliphatic carbocycles. The van der Waals surface area contributed by atoms with Crippen LogP contribution >= 0.6 is 11.6 Å². The third kappa shape index (κ3) is 8.77. The fourth-order valence-electron chi connectivity index (χ4n) is 9.56. The Balaban J connectivity index is 0.00000177. The van der Waals surface area contributed by atoms with E-state index in [4.69, 9.17) is 11.6 Å². The second-order valence-electron chi connectivity index (χ2n) is 17.2. The van der Waals surface area contributed by atoms with Gasteiger partial charge in [-0.25, -0.2) is 9.37 Å². The number of rotatable bonds is 8. The summed E-state index contributed by atoms with van der Waals surface area (Å²) >= 11 is 6.58. The van der Waals surface area contributed by atoms with Crippen LogP contribution in [0, 0.1) is 5.82 Å². The van der Waals surface area contributed by atoms with Crippen molar-refractivity contribution < 1.29 is 28.4 Å². The van der Waals surface area contributed by atoms with Crippen LogP contribution in [0.3, 0.4) is 0 Å². The molecule has 3 N–H and O–H groups in total. The number of amides is 5. The minimum atomic E-state index is -1.10. The number of nitrogens with one attached hydrogen (secondary N) is 3. The Kier molecular flexibility index (Phi) is 12.9. The number of pyridine rings is 1. The number of aromatic amines is 1. The van der Waals surface area contributed by atoms with Gasteiger partial charge < -0.3 is 25.0 Å². The number of carbonyl (C=O) groups excluding carboxylic acids is 5. The number of H-pyrrole nitrogens is 1. The molecular weight excluding hydrogens is 825 g/mol. The number of anilines is 3. The Morgan fingerprint density at radius 2 is 1.51 bits per heavy atom. The molecule has 4 aromatic rings. The van der Waals surface area contributed by atoms with E-state index in [1.165, 1.54) is 12.5 Å². The highest BCUT2D eigenvalue weighted by Gasteiger charge is 2.45. The number of halogens is 2. The van der Waals surface area contributed by atoms with Gasteiger partial charge in [-0.1, -0.05) is 38.4 Å². The predicted octanol–water partition coefficient (Wildman–Crippen LogP) is 6.40. The Morgan fingerprint density at radius 1 is 0.857 bits per heavy atom. The molecule has 2 aromatic carbocycles. The lowest BCUT2D eigenvalue weighted by Crippen LogP contribution is -2.54. The SMILES string of the molecule is C=C(C)c1c[nH]c2c(N3CCC(NC(=O)c4ccc(N5CCC(N6CCN(c7cc8c(cc7F)C(=O)N(C7CCC(=O)NC7=O)C8=O)CC6)CC5)cn4)CC3)ccc(Cl)c12.CCC. The Morgan fingerprint density at radius 3 is 2.14 bits per heavy atom. The number of aromatic nitrogens is 2. The van der Waals surface area contributed by atoms with Gasteiger partial charge in [-0.05, 0) is 81.0 Å². The molecular formula is C47H55ClFN9O5. The van der Waals surface area contributed by atoms with E-state index in [-0.39, 0.29) is 41.6 Å². The number of piperidine rings is 3. The van der Waals surface area contributed by atoms with Crippen molar-refractivity contribution in [3.63, 3.8) is 0 Å². The normalized spacial score (nSPS) is 20.2. The first-order valence-corrected chi connectivity index (χ1v) is 22.5. The molecule has 0 saturated carbocycles. The van der Waals surface area contributed by atoms with E-state index in [9.17, 15) is 24.0 Å². The zero-order valence-electron chi connectivity index (χ0n) is 36.1. The van der Waals surface area contributed by atoms with Crippen molar-refractivity contribution in [1.29, 1.82) is 0 Å². The number of allylic oxidation sites excluding steroid dienone is 1. The maximum absolute atomic E-state index is 15.5. The standard InChI is InChI=1S/C44H47ClFN9O5.C3H8/c1-25(2)31-24-48-40-35(6-4-32(45)39(31)40)53-13-9-26(10-14-53)49-41(57)34-5-3-28(23-47-34)51-15-11-27(12-16-51)52-17-19-54(20-18-52)37-22-30-29(21-33(37)46)43(59)55(44(30)60)36-7-8-38(56)50-42(36)58;1-3-2/h3-6,21-24,26-27,36,48H,1,7-20H2,2H3,(H,49,57)(H,50,56,58);3H2,1-2H3. The summed E-state index contributed by atoms with van der Waals surface area (Å²) < 4.78 is 15.5. The molecule has 5 amide bonds. The second kappa shape index (κ2) is 18.5. The van der Waals surface area contributed by atoms with Crippen molar-refractivity contribution >= 4 is 74.7 Å². The van der Waals surface area contributed by atoms with Gasteiger partial charge in [-0.15, -0.1) is 0 Å². The van der Waals surface area contributed by atoms with Crippen LogP contribution in [0.15, 0.2) is 55.4 Å². The van der Waals surface area contributed by atoms with E-state index >= 15 is 4.39 Å². The van der Waals surface area contributed by atoms with E-state index < -0.39 is 35.5 Å². The molecule has 0 bridgehead atoms. The summed E-state index contributed by atoms with van der Waals surface area (Å²) in [7, 11) is 0. The zero-order valence-corrected chi connectivity index (χ0v) is 36.9. The van der Waals surface area contributed by atoms with E-state index in [0.29, 0.717) is 29.8 Å². The van der Waals surface area contributed by atoms with E-state index in [1.807, 2.05) is 30.2 Å². The molecule has 5 aliphatic rings. The smallest absolute Gasteiger partial charge is 0.270 e. The summed E-state index contributed by atoms with van der Waals surface area (Å²) in [5, 5.41) is 7.07. The van der Waals surface area contributed by atoms with Gasteiger partial charge in [0.15, 0.2) is 0 Å². The molecule has 16 heteroatoms. The van der Waals surface area contributed by atoms with Crippen LogP contribution < -0.4 is 25.3 Å². The summed E-state index contributed by atoms with van der Waals surface area (Å²) in [6.45, 7) is 16.1. The fourth-order valence-corrected chi connectivity index (χ4v) is 9.82. The van der Waals surface area contributed by atoms with Crippen LogP contribution in [0.5, 0.6) is 0 Å². The van der Waals surface area contributed by atoms with Crippen LogP contribution in [0.25, 0.3) is 16.5 Å². The highest BCUT2D eigenvalue weighted by Crippen LogP contribution is 2.38. The van der Waals surface area contributed by atoms with Crippen molar-refractivity contribution in [3.05, 3.63) is 88.6 Å². The molecule has 14 nitrogen and oxygen atoms in total. The van der Waals surface area contributed by atoms with Crippen molar-refractivity contribution in [2.24, 2.45) is 0 Å². The summed E-state index contributed by atoms with van der Waals surface area (Å²) in [4.78, 5) is 81.6. The average molecular weight is 880 g/mol. The van der Waals surface area contributed by atoms with Crippen molar-refractivity contribution in [1.82, 2.24) is 30.4 Å². The zero-order chi connectivity index (χ0) is 44.5. The molecule has 4 saturated heterocycles. The number of fused-ring (bicyclic) bond motifs is 2. The first-order chi connectivity index (χ1) is 30.4. The largest absolute Gasteiger partial charge is 0.370 e. The number of imide groups is 2. The predicted molar refractivity (Wildman–Crippen MR) is 243 cm³/mol. The van der Waals surface area contributed by atoms with Gasteiger partial charge in [-0.3, -0.25) is 39.1 Å². The van der Waals surface area contributed by atoms with E-state index in [0.717, 1.165) is 109 Å². The molecule has 2 aromatic heterocycles. The third-order valence-electron chi connectivity index (χ3n) is 12.9. The van der Waals surface area contributed by atoms with Gasteiger partial charge in [0, 0.05) is 88.0 Å². The molecule has 0 radical (unpaired) electrons. The van der Waals surface area contributed by atoms with Gasteiger partial charge in [0.25, 0.3) is 17.7 Å². The number of hydrogen-bond donors (Lipinski definition) is 3. The molecule has 1 atom stereocenters. The number of nitrogens with zero attached hydrogens (tertiary/aromatic N) is 6. The minimum absolute atomic E-state index is 0.0157. The molecule has 4 fully saturated rings. The quantitative estimate of drug-likeness (QED) is 0.170. The summed E-state index contributed by atoms with van der Waals surface area (Å²) in [5.41, 5.74) is 5.72. The topological polar surface area (TPSA) is 154 Å². The van der Waals surface area contributed by atoms with Crippen molar-refractivity contribution in [3.8, 4) is 0 Å². The molecule has 9 rings (SSSR count). The van der Waals surface area contributed by atoms with E-state index in [1.54, 1.807) is 12.3 Å². The maximum atomic E-state index is 15.5. The van der Waals surface area contributed by atoms with E-state index in [2.05, 4.69) is 61.8 Å². The summed E-state index contributed by atoms with van der Waals surface area (Å²) in [5.74, 6) is -3.29. The van der Waals surface area contributed by atoms with Crippen molar-refractivity contribution in [2.75, 3.05) is 67.1 Å². The van der Waals surface area contributed by atoms with Gasteiger partial charge in [0.05, 0.1) is 44.9 Å². The Labute approximate surface area is 371 Å². The monoisotopic (exact) mass is 879 g/mol. The van der Waals surface area contributed by atoms with Gasteiger partial charge in [-0.2, -0.15) is 0 Å². The van der Waals surface area contributed by atoms with Gasteiger partial charge >= 0.3 is 0 Å². The average Bonchev–Trinajstić information content (AvgIpc) is 3.84. The summed E-state index contributed by atoms with van der Waals surface area (Å²) in [6, 6.07) is 9.60. The molecule has 1 unspecified atom stereocenters. The van der Waals surface area contributed by atoms with Crippen LogP contribution in [-0.2, 0) is 9.59 Å². The lowest BCUT2D eigenvalue weighted by atomic mass is 10.0. The fraction of sp³-hybridized carbons (Fsp3) is 0.447. The Bertz CT molecular complexity index is 2430. The van der Waals surface area contributed by atoms with Crippen LogP contribution in [0.4, 0.5) is 21.5 Å². The lowest BCUT2D eigenvalue weighted by Gasteiger charge is -2.43. The van der Waals surface area contributed by atoms with Crippen molar-refractivity contribution in [2.45, 2.75) is 83.8 Å². The minimum Gasteiger partial charge on any atom is -0.370 e. The van der Waals surface area contributed by atoms with Gasteiger partial charge in [0.1, 0.15) is 17.6 Å². The van der Waals surface area contributed by atoms with Gasteiger partial charge in [0.2, 0.25) is 11.8 Å². The molecule has 0 spiro atoms. The summed E-state index contributed by atoms with van der Waals surface area (Å²) in [6.07, 6.45) is 8.57. The lowest BCUT2D eigenvalue weighted by molar-refractivity contribution is -0.136. The van der Waals surface area contributed by atoms with Crippen LogP contribution in [0.1, 0.15) is 102 Å². The first kappa shape index (κ1) is 43.8. The molecule has 63 heavy (non-hydrogen) atoms. The highest BCUT2D eigenvalue weighted by atomic mass is 35.5.